The summed E-state index contributed by atoms with van der Waals surface area (Å²) in [5.74, 6) is 0. The highest BCUT2D eigenvalue weighted by molar-refractivity contribution is 6.22. The fourth-order valence-corrected chi connectivity index (χ4v) is 16.5. The highest BCUT2D eigenvalue weighted by Gasteiger charge is 2.59. The summed E-state index contributed by atoms with van der Waals surface area (Å²) >= 11 is 0. The number of benzene rings is 11. The van der Waals surface area contributed by atoms with Crippen molar-refractivity contribution in [3.8, 4) is 66.8 Å². The van der Waals surface area contributed by atoms with Crippen LogP contribution < -0.4 is 9.80 Å². The molecular formula is C80H72N2. The first kappa shape index (κ1) is 50.5. The van der Waals surface area contributed by atoms with Crippen molar-refractivity contribution in [2.75, 3.05) is 9.80 Å². The largest absolute Gasteiger partial charge is 0.334 e. The first-order valence-electron chi connectivity index (χ1n) is 30.3. The van der Waals surface area contributed by atoms with Gasteiger partial charge in [-0.2, -0.15) is 0 Å². The van der Waals surface area contributed by atoms with Crippen LogP contribution in [-0.2, 0) is 10.8 Å². The summed E-state index contributed by atoms with van der Waals surface area (Å²) in [6, 6.07) is 88.0. The first-order valence-corrected chi connectivity index (χ1v) is 30.3. The van der Waals surface area contributed by atoms with Crippen LogP contribution in [0.1, 0.15) is 101 Å². The third-order valence-electron chi connectivity index (χ3n) is 21.2. The van der Waals surface area contributed by atoms with E-state index in [1.165, 1.54) is 185 Å². The number of fused-ring (bicyclic) bond motifs is 8. The van der Waals surface area contributed by atoms with E-state index in [-0.39, 0.29) is 21.9 Å². The lowest BCUT2D eigenvalue weighted by atomic mass is 9.61. The molecule has 0 N–H and O–H groups in total. The highest BCUT2D eigenvalue weighted by Crippen LogP contribution is 2.63. The van der Waals surface area contributed by atoms with E-state index in [9.17, 15) is 0 Å². The molecule has 0 amide bonds. The number of anilines is 4. The fraction of sp³-hybridized carbons (Fsp3) is 0.225. The van der Waals surface area contributed by atoms with Gasteiger partial charge in [-0.3, -0.25) is 0 Å². The van der Waals surface area contributed by atoms with Gasteiger partial charge in [-0.1, -0.05) is 209 Å². The Balaban J connectivity index is 0.973. The summed E-state index contributed by atoms with van der Waals surface area (Å²) in [6.45, 7) is 14.9. The number of hydrogen-bond acceptors (Lipinski definition) is 2. The lowest BCUT2D eigenvalue weighted by Gasteiger charge is -2.50. The molecule has 2 saturated carbocycles. The van der Waals surface area contributed by atoms with Gasteiger partial charge in [0.15, 0.2) is 0 Å². The van der Waals surface area contributed by atoms with Crippen molar-refractivity contribution >= 4 is 44.3 Å². The van der Waals surface area contributed by atoms with Crippen LogP contribution in [0.3, 0.4) is 0 Å². The van der Waals surface area contributed by atoms with Gasteiger partial charge in [-0.15, -0.1) is 0 Å². The van der Waals surface area contributed by atoms with Crippen molar-refractivity contribution in [1.82, 2.24) is 0 Å². The first-order chi connectivity index (χ1) is 40.0. The number of rotatable bonds is 8. The zero-order valence-corrected chi connectivity index (χ0v) is 48.5. The number of aryl methyl sites for hydroxylation is 2. The fourth-order valence-electron chi connectivity index (χ4n) is 16.5. The Kier molecular flexibility index (Phi) is 11.7. The number of para-hydroxylation sites is 2. The summed E-state index contributed by atoms with van der Waals surface area (Å²) in [6.07, 6.45) is 9.71. The predicted octanol–water partition coefficient (Wildman–Crippen LogP) is 22.1. The molecule has 2 aliphatic carbocycles. The van der Waals surface area contributed by atoms with Gasteiger partial charge in [-0.05, 0) is 225 Å². The minimum absolute atomic E-state index is 0.000613. The zero-order valence-electron chi connectivity index (χ0n) is 48.5. The van der Waals surface area contributed by atoms with Crippen molar-refractivity contribution in [2.24, 2.45) is 0 Å². The standard InChI is InChI=1S/C80H72N2/c1-53-47-73-71(77(3)43-19-21-45-79(77,5)81(73)63-27-15-9-16-28-63)51-67(53)61-39-41-65-69(49-61)75(59-35-31-57(32-36-59)55-23-11-7-12-24-55)66-42-40-62(50-70(66)76(65)60-37-33-58(34-38-60)56-25-13-8-14-26-56)68-52-72-74(48-54(68)2)82(64-29-17-10-18-30-64)80(6)46-22-20-44-78(72,80)4/h7-18,23-42,47-52H,19-22,43-46H2,1-6H3. The summed E-state index contributed by atoms with van der Waals surface area (Å²) in [5.41, 5.74) is 25.9. The molecule has 4 atom stereocenters. The van der Waals surface area contributed by atoms with E-state index in [2.05, 4.69) is 282 Å². The molecule has 2 heteroatoms. The Labute approximate surface area is 485 Å². The Morgan fingerprint density at radius 2 is 0.610 bits per heavy atom. The normalized spacial score (nSPS) is 21.8. The smallest absolute Gasteiger partial charge is 0.0517 e. The van der Waals surface area contributed by atoms with E-state index in [4.69, 9.17) is 0 Å². The van der Waals surface area contributed by atoms with E-state index in [1.807, 2.05) is 0 Å². The monoisotopic (exact) mass is 1060 g/mol. The molecule has 2 heterocycles. The Morgan fingerprint density at radius 3 is 0.988 bits per heavy atom. The van der Waals surface area contributed by atoms with Gasteiger partial charge in [0.05, 0.1) is 11.1 Å². The van der Waals surface area contributed by atoms with Gasteiger partial charge < -0.3 is 9.80 Å². The third kappa shape index (κ3) is 7.52. The van der Waals surface area contributed by atoms with Crippen LogP contribution in [0.2, 0.25) is 0 Å². The summed E-state index contributed by atoms with van der Waals surface area (Å²) < 4.78 is 0. The number of nitrogens with zero attached hydrogens (tertiary/aromatic N) is 2. The molecule has 0 aromatic heterocycles. The molecule has 4 unspecified atom stereocenters. The van der Waals surface area contributed by atoms with Gasteiger partial charge in [0.1, 0.15) is 0 Å². The molecule has 2 aliphatic heterocycles. The van der Waals surface area contributed by atoms with Gasteiger partial charge in [0.2, 0.25) is 0 Å². The second-order valence-corrected chi connectivity index (χ2v) is 25.5. The average Bonchev–Trinajstić information content (AvgIpc) is 1.75. The maximum atomic E-state index is 2.71. The quantitative estimate of drug-likeness (QED) is 0.140. The predicted molar refractivity (Wildman–Crippen MR) is 349 cm³/mol. The Morgan fingerprint density at radius 1 is 0.293 bits per heavy atom. The van der Waals surface area contributed by atoms with Crippen LogP contribution in [0.15, 0.2) is 231 Å². The van der Waals surface area contributed by atoms with E-state index in [1.54, 1.807) is 0 Å². The molecule has 0 bridgehead atoms. The van der Waals surface area contributed by atoms with Crippen molar-refractivity contribution in [3.05, 3.63) is 253 Å². The van der Waals surface area contributed by atoms with Gasteiger partial charge in [0, 0.05) is 33.6 Å². The van der Waals surface area contributed by atoms with Crippen LogP contribution in [-0.4, -0.2) is 11.1 Å². The summed E-state index contributed by atoms with van der Waals surface area (Å²) in [7, 11) is 0. The van der Waals surface area contributed by atoms with Crippen molar-refractivity contribution < 1.29 is 0 Å². The SMILES string of the molecule is Cc1cc2c(cc1-c1ccc3c(-c4ccc(-c5ccccc5)cc4)c4cc(-c5cc6c(cc5C)N(c5ccccc5)C5(C)CCCCC65C)ccc4c(-c4ccc(-c5ccccc5)cc4)c3c1)C1(C)CCCCC1(C)N2c1ccccc1. The summed E-state index contributed by atoms with van der Waals surface area (Å²) in [5, 5.41) is 5.06. The van der Waals surface area contributed by atoms with E-state index >= 15 is 0 Å². The minimum atomic E-state index is -0.0273. The Hall–Kier alpha value is -8.46. The summed E-state index contributed by atoms with van der Waals surface area (Å²) in [4.78, 5) is 5.42. The van der Waals surface area contributed by atoms with Gasteiger partial charge in [0.25, 0.3) is 0 Å². The topological polar surface area (TPSA) is 6.48 Å². The van der Waals surface area contributed by atoms with Crippen LogP contribution in [0, 0.1) is 13.8 Å². The third-order valence-corrected chi connectivity index (χ3v) is 21.2. The molecule has 0 spiro atoms. The lowest BCUT2D eigenvalue weighted by molar-refractivity contribution is 0.195. The van der Waals surface area contributed by atoms with Crippen molar-refractivity contribution in [2.45, 2.75) is 115 Å². The molecule has 11 aromatic rings. The zero-order chi connectivity index (χ0) is 55.5. The maximum Gasteiger partial charge on any atom is 0.0517 e. The van der Waals surface area contributed by atoms with Crippen molar-refractivity contribution in [3.63, 3.8) is 0 Å². The second kappa shape index (κ2) is 19.1. The molecule has 4 aliphatic rings. The minimum Gasteiger partial charge on any atom is -0.334 e. The maximum absolute atomic E-state index is 2.71. The molecular weight excluding hydrogens is 989 g/mol. The molecule has 0 saturated heterocycles. The highest BCUT2D eigenvalue weighted by atomic mass is 15.3. The van der Waals surface area contributed by atoms with E-state index in [0.29, 0.717) is 0 Å². The Bertz CT molecular complexity index is 4000. The van der Waals surface area contributed by atoms with Crippen LogP contribution >= 0.6 is 0 Å². The molecule has 402 valence electrons. The molecule has 15 rings (SSSR count). The van der Waals surface area contributed by atoms with Crippen molar-refractivity contribution in [1.29, 1.82) is 0 Å². The molecule has 2 fully saturated rings. The molecule has 82 heavy (non-hydrogen) atoms. The van der Waals surface area contributed by atoms with Crippen LogP contribution in [0.4, 0.5) is 22.7 Å². The van der Waals surface area contributed by atoms with Gasteiger partial charge in [-0.25, -0.2) is 0 Å². The lowest BCUT2D eigenvalue weighted by Crippen LogP contribution is -2.54. The van der Waals surface area contributed by atoms with E-state index < -0.39 is 0 Å². The van der Waals surface area contributed by atoms with Crippen LogP contribution in [0.25, 0.3) is 88.3 Å². The van der Waals surface area contributed by atoms with E-state index in [0.717, 1.165) is 0 Å². The molecule has 0 radical (unpaired) electrons. The molecule has 11 aromatic carbocycles. The number of hydrogen-bond donors (Lipinski definition) is 0. The van der Waals surface area contributed by atoms with Gasteiger partial charge >= 0.3 is 0 Å². The average molecular weight is 1060 g/mol. The molecule has 2 nitrogen and oxygen atoms in total. The second-order valence-electron chi connectivity index (χ2n) is 25.5. The van der Waals surface area contributed by atoms with Crippen LogP contribution in [0.5, 0.6) is 0 Å².